The molecule has 0 radical (unpaired) electrons. The molecule has 4 aliphatic heterocycles. The maximum Gasteiger partial charge on any atom is 0.417 e. The van der Waals surface area contributed by atoms with Gasteiger partial charge in [-0.25, -0.2) is 14.5 Å². The largest absolute Gasteiger partial charge is 0.493 e. The second kappa shape index (κ2) is 30.2. The molecule has 10 amide bonds. The van der Waals surface area contributed by atoms with E-state index in [9.17, 15) is 48.3 Å². The molecule has 0 saturated carbocycles. The number of aliphatic hydroxyl groups excluding tert-OH is 1. The summed E-state index contributed by atoms with van der Waals surface area (Å²) in [6.07, 6.45) is 5.61. The standard InChI is InChI=1S/C65H82ClN9O14/c1-39(2)58(71-53(76)21-9-7-13-30-73-55(78)27-28-56(73)79)60(81)70-46(19-15-29-68-63(67)84)59(80)69-42-25-23-40(24-26-42)38-88-50-35-49-57(44-18-12-11-17-43(44)50)41(36-66)37-74(49)54(77)22-10-8-14-32-87-52-34-48-45(33-51(52)86-6)61(82)72-31-16-20-47(72)62(83)75(48)64(85)89-65(3,4)5/h11-12,17-18,23-28,33-35,39,41,46-47,58,62,83H,7-10,13-16,19-22,29-32,36-38H2,1-6H3,(H,69,80)(H,70,81)(H,71,76)(H3,67,68,84)/t41-,46?,47+,58?,62+/m1/s1. The molecule has 2 unspecified atom stereocenters. The number of ether oxygens (including phenoxy) is 4. The van der Waals surface area contributed by atoms with E-state index >= 15 is 0 Å². The van der Waals surface area contributed by atoms with Crippen molar-refractivity contribution < 1.29 is 67.2 Å². The van der Waals surface area contributed by atoms with Crippen molar-refractivity contribution in [1.29, 1.82) is 0 Å². The van der Waals surface area contributed by atoms with Gasteiger partial charge in [-0.2, -0.15) is 0 Å². The van der Waals surface area contributed by atoms with E-state index in [0.717, 1.165) is 37.4 Å². The Kier molecular flexibility index (Phi) is 22.6. The molecule has 24 heteroatoms. The Morgan fingerprint density at radius 3 is 2.18 bits per heavy atom. The number of rotatable bonds is 28. The molecule has 0 aromatic heterocycles. The Morgan fingerprint density at radius 1 is 0.798 bits per heavy atom. The van der Waals surface area contributed by atoms with E-state index in [1.165, 1.54) is 25.3 Å². The number of unbranched alkanes of at least 4 members (excludes halogenated alkanes) is 4. The predicted octanol–water partition coefficient (Wildman–Crippen LogP) is 7.91. The van der Waals surface area contributed by atoms with Crippen molar-refractivity contribution in [2.45, 2.75) is 154 Å². The third kappa shape index (κ3) is 16.6. The number of carbonyl (C=O) groups excluding carboxylic acids is 9. The molecule has 5 atom stereocenters. The molecule has 89 heavy (non-hydrogen) atoms. The highest BCUT2D eigenvalue weighted by molar-refractivity contribution is 6.19. The number of anilines is 3. The van der Waals surface area contributed by atoms with Crippen molar-refractivity contribution in [2.24, 2.45) is 11.7 Å². The Labute approximate surface area is 523 Å². The number of aliphatic hydroxyl groups is 1. The third-order valence-electron chi connectivity index (χ3n) is 16.1. The van der Waals surface area contributed by atoms with Crippen LogP contribution in [0.4, 0.5) is 26.7 Å². The second-order valence-corrected chi connectivity index (χ2v) is 24.4. The van der Waals surface area contributed by atoms with Gasteiger partial charge in [0.2, 0.25) is 23.6 Å². The number of hydrogen-bond donors (Lipinski definition) is 6. The van der Waals surface area contributed by atoms with Crippen LogP contribution in [0.3, 0.4) is 0 Å². The Morgan fingerprint density at radius 2 is 1.49 bits per heavy atom. The lowest BCUT2D eigenvalue weighted by Gasteiger charge is -2.33. The summed E-state index contributed by atoms with van der Waals surface area (Å²) in [6.45, 7) is 10.3. The van der Waals surface area contributed by atoms with Gasteiger partial charge in [0.05, 0.1) is 36.7 Å². The van der Waals surface area contributed by atoms with Crippen LogP contribution in [-0.2, 0) is 40.1 Å². The molecule has 0 bridgehead atoms. The first kappa shape index (κ1) is 66.5. The first-order chi connectivity index (χ1) is 42.6. The number of halogens is 1. The molecule has 1 fully saturated rings. The number of imide groups is 1. The van der Waals surface area contributed by atoms with Crippen LogP contribution in [0.2, 0.25) is 0 Å². The second-order valence-electron chi connectivity index (χ2n) is 24.1. The van der Waals surface area contributed by atoms with Crippen LogP contribution in [0.15, 0.2) is 78.9 Å². The number of carbonyl (C=O) groups is 9. The van der Waals surface area contributed by atoms with Gasteiger partial charge in [0.1, 0.15) is 30.0 Å². The number of nitrogens with zero attached hydrogens (tertiary/aromatic N) is 4. The molecule has 4 aliphatic rings. The molecule has 478 valence electrons. The Balaban J connectivity index is 0.862. The number of urea groups is 1. The van der Waals surface area contributed by atoms with E-state index in [1.807, 2.05) is 30.3 Å². The van der Waals surface area contributed by atoms with Crippen molar-refractivity contribution in [3.05, 3.63) is 95.6 Å². The zero-order valence-corrected chi connectivity index (χ0v) is 52.2. The minimum absolute atomic E-state index is 0.0703. The van der Waals surface area contributed by atoms with Gasteiger partial charge in [-0.15, -0.1) is 11.6 Å². The smallest absolute Gasteiger partial charge is 0.417 e. The van der Waals surface area contributed by atoms with E-state index < -0.39 is 53.9 Å². The van der Waals surface area contributed by atoms with Crippen LogP contribution in [-0.4, -0.2) is 144 Å². The van der Waals surface area contributed by atoms with Crippen LogP contribution < -0.4 is 51.0 Å². The first-order valence-corrected chi connectivity index (χ1v) is 31.1. The lowest BCUT2D eigenvalue weighted by atomic mass is 9.95. The van der Waals surface area contributed by atoms with Gasteiger partial charge in [-0.1, -0.05) is 56.7 Å². The minimum Gasteiger partial charge on any atom is -0.493 e. The number of nitrogens with one attached hydrogen (secondary N) is 4. The fraction of sp³-hybridized carbons (Fsp3) is 0.492. The van der Waals surface area contributed by atoms with Crippen molar-refractivity contribution in [3.8, 4) is 17.2 Å². The summed E-state index contributed by atoms with van der Waals surface area (Å²) in [7, 11) is 1.46. The van der Waals surface area contributed by atoms with Crippen molar-refractivity contribution in [1.82, 2.24) is 25.8 Å². The topological polar surface area (TPSA) is 298 Å². The molecule has 4 heterocycles. The molecule has 7 N–H and O–H groups in total. The summed E-state index contributed by atoms with van der Waals surface area (Å²) in [5.41, 5.74) is 7.64. The quantitative estimate of drug-likeness (QED) is 0.0179. The molecule has 8 rings (SSSR count). The van der Waals surface area contributed by atoms with E-state index in [0.29, 0.717) is 88.2 Å². The van der Waals surface area contributed by atoms with Gasteiger partial charge in [-0.05, 0) is 119 Å². The molecule has 0 aliphatic carbocycles. The van der Waals surface area contributed by atoms with Crippen molar-refractivity contribution in [3.63, 3.8) is 0 Å². The summed E-state index contributed by atoms with van der Waals surface area (Å²) in [5.74, 6) is -1.61. The Hall–Kier alpha value is -8.44. The highest BCUT2D eigenvalue weighted by Gasteiger charge is 2.46. The van der Waals surface area contributed by atoms with Gasteiger partial charge >= 0.3 is 12.1 Å². The van der Waals surface area contributed by atoms with E-state index in [1.54, 1.807) is 74.8 Å². The van der Waals surface area contributed by atoms with Crippen LogP contribution in [0, 0.1) is 5.92 Å². The van der Waals surface area contributed by atoms with Gasteiger partial charge < -0.3 is 60.9 Å². The van der Waals surface area contributed by atoms with Gasteiger partial charge in [0.25, 0.3) is 17.7 Å². The zero-order valence-electron chi connectivity index (χ0n) is 51.4. The average Bonchev–Trinajstić information content (AvgIpc) is 1.70. The number of primary amides is 1. The summed E-state index contributed by atoms with van der Waals surface area (Å²) in [5, 5.41) is 24.4. The number of fused-ring (bicyclic) bond motifs is 5. The molecule has 4 aromatic rings. The van der Waals surface area contributed by atoms with Crippen LogP contribution in [0.5, 0.6) is 17.2 Å². The SMILES string of the molecule is COc1cc2c(cc1OCCCCCC(=O)N1C[C@@H](CCl)c3c1cc(OCc1ccc(NC(=O)C(CCCNC(N)=O)NC(=O)C(NC(=O)CCCCCN4C(=O)C=CC4=O)C(C)C)cc1)c1ccccc31)N(C(=O)OC(C)(C)C)[C@@H](O)[C@@H]1CCCN1C2=O. The predicted molar refractivity (Wildman–Crippen MR) is 335 cm³/mol. The van der Waals surface area contributed by atoms with E-state index in [2.05, 4.69) is 21.3 Å². The summed E-state index contributed by atoms with van der Waals surface area (Å²) in [6, 6.07) is 16.5. The van der Waals surface area contributed by atoms with Gasteiger partial charge in [0.15, 0.2) is 17.7 Å². The monoisotopic (exact) mass is 1250 g/mol. The molecule has 4 aromatic carbocycles. The molecule has 23 nitrogen and oxygen atoms in total. The molecule has 1 saturated heterocycles. The first-order valence-electron chi connectivity index (χ1n) is 30.5. The van der Waals surface area contributed by atoms with Crippen molar-refractivity contribution in [2.75, 3.05) is 60.9 Å². The van der Waals surface area contributed by atoms with Crippen LogP contribution >= 0.6 is 11.6 Å². The van der Waals surface area contributed by atoms with E-state index in [4.69, 9.17) is 36.3 Å². The number of benzene rings is 4. The molecule has 0 spiro atoms. The van der Waals surface area contributed by atoms with Crippen LogP contribution in [0.1, 0.15) is 139 Å². The highest BCUT2D eigenvalue weighted by Crippen LogP contribution is 2.47. The third-order valence-corrected chi connectivity index (χ3v) is 16.5. The lowest BCUT2D eigenvalue weighted by molar-refractivity contribution is -0.137. The number of hydrogen-bond acceptors (Lipinski definition) is 14. The van der Waals surface area contributed by atoms with Crippen molar-refractivity contribution >= 4 is 92.9 Å². The highest BCUT2D eigenvalue weighted by atomic mass is 35.5. The number of methoxy groups -OCH3 is 1. The number of amides is 10. The average molecular weight is 1250 g/mol. The van der Waals surface area contributed by atoms with E-state index in [-0.39, 0.29) is 110 Å². The number of alkyl halides is 1. The van der Waals surface area contributed by atoms with Gasteiger partial charge in [0, 0.05) is 86.2 Å². The zero-order chi connectivity index (χ0) is 64.1. The van der Waals surface area contributed by atoms with Gasteiger partial charge in [-0.3, -0.25) is 38.5 Å². The molecular formula is C65H82ClN9O14. The summed E-state index contributed by atoms with van der Waals surface area (Å²) < 4.78 is 24.1. The summed E-state index contributed by atoms with van der Waals surface area (Å²) >= 11 is 6.62. The fourth-order valence-electron chi connectivity index (χ4n) is 11.6. The Bertz CT molecular complexity index is 3300. The maximum absolute atomic E-state index is 14.2. The summed E-state index contributed by atoms with van der Waals surface area (Å²) in [4.78, 5) is 123. The normalized spacial score (nSPS) is 17.6. The number of nitrogens with two attached hydrogens (primary N) is 1. The lowest BCUT2D eigenvalue weighted by Crippen LogP contribution is -2.54. The fourth-order valence-corrected chi connectivity index (χ4v) is 11.8. The van der Waals surface area contributed by atoms with Crippen LogP contribution in [0.25, 0.3) is 10.8 Å². The maximum atomic E-state index is 14.2. The molecular weight excluding hydrogens is 1170 g/mol. The minimum atomic E-state index is -1.35.